The largest absolute Gasteiger partial charge is 0.339 e. The van der Waals surface area contributed by atoms with Crippen LogP contribution in [0.3, 0.4) is 0 Å². The van der Waals surface area contributed by atoms with Crippen LogP contribution in [0, 0.1) is 0 Å². The van der Waals surface area contributed by atoms with Crippen LogP contribution in [0.4, 0.5) is 0 Å². The molecule has 0 spiro atoms. The van der Waals surface area contributed by atoms with Crippen LogP contribution in [-0.4, -0.2) is 28.5 Å². The summed E-state index contributed by atoms with van der Waals surface area (Å²) in [5.74, 6) is 0.168. The number of likely N-dealkylation sites (tertiary alicyclic amines) is 1. The van der Waals surface area contributed by atoms with Gasteiger partial charge in [0.1, 0.15) is 0 Å². The maximum Gasteiger partial charge on any atom is 0.253 e. The Morgan fingerprint density at radius 2 is 1.50 bits per heavy atom. The average molecular weight is 370 g/mol. The van der Waals surface area contributed by atoms with Crippen molar-refractivity contribution in [1.82, 2.24) is 9.47 Å². The van der Waals surface area contributed by atoms with E-state index in [1.165, 1.54) is 35.4 Å². The molecule has 2 heterocycles. The van der Waals surface area contributed by atoms with Crippen molar-refractivity contribution < 1.29 is 4.79 Å². The van der Waals surface area contributed by atoms with Crippen molar-refractivity contribution in [2.75, 3.05) is 13.1 Å². The lowest BCUT2D eigenvalue weighted by molar-refractivity contribution is 0.0793. The third-order valence-corrected chi connectivity index (χ3v) is 6.14. The molecule has 1 saturated heterocycles. The zero-order valence-corrected chi connectivity index (χ0v) is 16.2. The summed E-state index contributed by atoms with van der Waals surface area (Å²) in [4.78, 5) is 14.7. The molecule has 1 amide bonds. The fraction of sp³-hybridized carbons (Fsp3) is 0.320. The fourth-order valence-electron chi connectivity index (χ4n) is 4.67. The summed E-state index contributed by atoms with van der Waals surface area (Å²) >= 11 is 0. The molecule has 2 aromatic carbocycles. The van der Waals surface area contributed by atoms with Crippen LogP contribution in [0.15, 0.2) is 60.7 Å². The zero-order valence-electron chi connectivity index (χ0n) is 16.2. The van der Waals surface area contributed by atoms with Gasteiger partial charge in [-0.2, -0.15) is 0 Å². The smallest absolute Gasteiger partial charge is 0.253 e. The summed E-state index contributed by atoms with van der Waals surface area (Å²) < 4.78 is 2.41. The van der Waals surface area contributed by atoms with Gasteiger partial charge in [-0.3, -0.25) is 4.79 Å². The minimum atomic E-state index is 0.168. The van der Waals surface area contributed by atoms with Gasteiger partial charge in [0.05, 0.1) is 5.69 Å². The third kappa shape index (κ3) is 3.05. The van der Waals surface area contributed by atoms with Crippen LogP contribution in [0.5, 0.6) is 0 Å². The van der Waals surface area contributed by atoms with Gasteiger partial charge in [0.15, 0.2) is 0 Å². The van der Waals surface area contributed by atoms with Crippen molar-refractivity contribution in [2.24, 2.45) is 0 Å². The van der Waals surface area contributed by atoms with Gasteiger partial charge in [-0.15, -0.1) is 0 Å². The lowest BCUT2D eigenvalue weighted by atomic mass is 9.98. The number of hydrogen-bond acceptors (Lipinski definition) is 1. The Labute approximate surface area is 166 Å². The van der Waals surface area contributed by atoms with Crippen LogP contribution < -0.4 is 0 Å². The van der Waals surface area contributed by atoms with Gasteiger partial charge >= 0.3 is 0 Å². The molecule has 0 N–H and O–H groups in total. The first-order valence-electron chi connectivity index (χ1n) is 10.5. The van der Waals surface area contributed by atoms with E-state index in [-0.39, 0.29) is 5.91 Å². The summed E-state index contributed by atoms with van der Waals surface area (Å²) in [5, 5.41) is 0. The molecule has 0 saturated carbocycles. The molecule has 2 aliphatic rings. The number of carbonyl (C=O) groups is 1. The minimum Gasteiger partial charge on any atom is -0.339 e. The second-order valence-corrected chi connectivity index (χ2v) is 7.96. The van der Waals surface area contributed by atoms with Gasteiger partial charge in [0, 0.05) is 30.0 Å². The molecular weight excluding hydrogens is 344 g/mol. The summed E-state index contributed by atoms with van der Waals surface area (Å²) in [6, 6.07) is 21.2. The molecule has 1 aromatic heterocycles. The normalized spacial score (nSPS) is 16.2. The molecule has 1 aliphatic heterocycles. The van der Waals surface area contributed by atoms with Gasteiger partial charge in [-0.25, -0.2) is 0 Å². The summed E-state index contributed by atoms with van der Waals surface area (Å²) in [5.41, 5.74) is 7.36. The maximum atomic E-state index is 12.7. The number of nitrogens with zero attached hydrogens (tertiary/aromatic N) is 2. The Hall–Kier alpha value is -2.81. The molecule has 5 rings (SSSR count). The van der Waals surface area contributed by atoms with Crippen molar-refractivity contribution in [1.29, 1.82) is 0 Å². The highest BCUT2D eigenvalue weighted by Gasteiger charge is 2.22. The number of benzene rings is 2. The molecule has 3 aromatic rings. The van der Waals surface area contributed by atoms with Crippen molar-refractivity contribution in [3.63, 3.8) is 0 Å². The highest BCUT2D eigenvalue weighted by atomic mass is 16.2. The summed E-state index contributed by atoms with van der Waals surface area (Å²) in [6.07, 6.45) is 7.05. The van der Waals surface area contributed by atoms with E-state index >= 15 is 0 Å². The standard InChI is InChI=1S/C25H26N2O/c28-25(26-16-6-7-17-26)20-12-14-22(15-13-20)27-23-11-5-4-10-21(23)18-24(27)19-8-2-1-3-9-19/h1-3,8-9,12-15,18H,4-7,10-11,16-17H2. The Kier molecular flexibility index (Phi) is 4.52. The number of carbonyl (C=O) groups excluding carboxylic acids is 1. The summed E-state index contributed by atoms with van der Waals surface area (Å²) in [7, 11) is 0. The van der Waals surface area contributed by atoms with E-state index in [2.05, 4.69) is 53.1 Å². The first kappa shape index (κ1) is 17.3. The topological polar surface area (TPSA) is 25.2 Å². The van der Waals surface area contributed by atoms with Gasteiger partial charge in [0.2, 0.25) is 0 Å². The lowest BCUT2D eigenvalue weighted by Crippen LogP contribution is -2.27. The quantitative estimate of drug-likeness (QED) is 0.617. The van der Waals surface area contributed by atoms with Crippen molar-refractivity contribution in [2.45, 2.75) is 38.5 Å². The molecule has 1 aliphatic carbocycles. The molecule has 0 bridgehead atoms. The molecular formula is C25H26N2O. The molecule has 3 nitrogen and oxygen atoms in total. The van der Waals surface area contributed by atoms with Crippen LogP contribution in [0.1, 0.15) is 47.3 Å². The average Bonchev–Trinajstić information content (AvgIpc) is 3.42. The lowest BCUT2D eigenvalue weighted by Gasteiger charge is -2.19. The molecule has 28 heavy (non-hydrogen) atoms. The number of aromatic nitrogens is 1. The van der Waals surface area contributed by atoms with Crippen molar-refractivity contribution in [3.05, 3.63) is 77.5 Å². The minimum absolute atomic E-state index is 0.168. The highest BCUT2D eigenvalue weighted by molar-refractivity contribution is 5.94. The van der Waals surface area contributed by atoms with Crippen LogP contribution in [0.2, 0.25) is 0 Å². The highest BCUT2D eigenvalue weighted by Crippen LogP contribution is 2.34. The Balaban J connectivity index is 1.55. The number of hydrogen-bond donors (Lipinski definition) is 0. The van der Waals surface area contributed by atoms with E-state index in [0.717, 1.165) is 50.0 Å². The number of amides is 1. The molecule has 142 valence electrons. The fourth-order valence-corrected chi connectivity index (χ4v) is 4.67. The van der Waals surface area contributed by atoms with Crippen molar-refractivity contribution >= 4 is 5.91 Å². The number of aryl methyl sites for hydroxylation is 1. The van der Waals surface area contributed by atoms with Gasteiger partial charge in [-0.1, -0.05) is 30.3 Å². The van der Waals surface area contributed by atoms with Crippen molar-refractivity contribution in [3.8, 4) is 16.9 Å². The predicted octanol–water partition coefficient (Wildman–Crippen LogP) is 5.26. The van der Waals surface area contributed by atoms with E-state index in [0.29, 0.717) is 0 Å². The monoisotopic (exact) mass is 370 g/mol. The van der Waals surface area contributed by atoms with E-state index in [1.807, 2.05) is 17.0 Å². The SMILES string of the molecule is O=C(c1ccc(-n2c(-c3ccccc3)cc3c2CCCC3)cc1)N1CCCC1. The number of fused-ring (bicyclic) bond motifs is 1. The Morgan fingerprint density at radius 3 is 2.25 bits per heavy atom. The first-order valence-corrected chi connectivity index (χ1v) is 10.5. The molecule has 1 fully saturated rings. The zero-order chi connectivity index (χ0) is 18.9. The second kappa shape index (κ2) is 7.31. The first-order chi connectivity index (χ1) is 13.8. The maximum absolute atomic E-state index is 12.7. The van der Waals surface area contributed by atoms with Gasteiger partial charge < -0.3 is 9.47 Å². The van der Waals surface area contributed by atoms with E-state index in [4.69, 9.17) is 0 Å². The Morgan fingerprint density at radius 1 is 0.786 bits per heavy atom. The van der Waals surface area contributed by atoms with Gasteiger partial charge in [-0.05, 0) is 80.0 Å². The van der Waals surface area contributed by atoms with E-state index < -0.39 is 0 Å². The molecule has 0 radical (unpaired) electrons. The van der Waals surface area contributed by atoms with Crippen LogP contribution in [-0.2, 0) is 12.8 Å². The number of rotatable bonds is 3. The third-order valence-electron chi connectivity index (χ3n) is 6.14. The Bertz CT molecular complexity index is 979. The molecule has 0 atom stereocenters. The summed E-state index contributed by atoms with van der Waals surface area (Å²) in [6.45, 7) is 1.79. The van der Waals surface area contributed by atoms with Crippen LogP contribution in [0.25, 0.3) is 16.9 Å². The van der Waals surface area contributed by atoms with Crippen LogP contribution >= 0.6 is 0 Å². The molecule has 3 heteroatoms. The van der Waals surface area contributed by atoms with E-state index in [9.17, 15) is 4.79 Å². The predicted molar refractivity (Wildman–Crippen MR) is 113 cm³/mol. The molecule has 0 unspecified atom stereocenters. The second-order valence-electron chi connectivity index (χ2n) is 7.96. The van der Waals surface area contributed by atoms with Gasteiger partial charge in [0.25, 0.3) is 5.91 Å². The van der Waals surface area contributed by atoms with E-state index in [1.54, 1.807) is 0 Å².